The van der Waals surface area contributed by atoms with Crippen molar-refractivity contribution in [3.05, 3.63) is 59.7 Å². The van der Waals surface area contributed by atoms with E-state index in [0.717, 1.165) is 6.42 Å². The molecule has 3 heteroatoms. The van der Waals surface area contributed by atoms with Crippen molar-refractivity contribution in [2.24, 2.45) is 5.73 Å². The molecular weight excluding hydrogens is 260 g/mol. The number of amides is 1. The minimum absolute atomic E-state index is 0.0972. The Morgan fingerprint density at radius 2 is 1.57 bits per heavy atom. The summed E-state index contributed by atoms with van der Waals surface area (Å²) in [7, 11) is 0. The van der Waals surface area contributed by atoms with Crippen molar-refractivity contribution in [3.8, 4) is 11.1 Å². The number of nitrogens with one attached hydrogen (secondary N) is 1. The van der Waals surface area contributed by atoms with Gasteiger partial charge in [-0.2, -0.15) is 0 Å². The minimum Gasteiger partial charge on any atom is -0.356 e. The van der Waals surface area contributed by atoms with Crippen LogP contribution in [0.1, 0.15) is 29.9 Å². The highest BCUT2D eigenvalue weighted by atomic mass is 16.1. The molecule has 0 unspecified atom stereocenters. The van der Waals surface area contributed by atoms with E-state index in [4.69, 9.17) is 5.73 Å². The minimum atomic E-state index is 0.0972. The van der Waals surface area contributed by atoms with Gasteiger partial charge in [-0.05, 0) is 35.2 Å². The molecule has 0 saturated carbocycles. The zero-order chi connectivity index (χ0) is 14.7. The number of carbonyl (C=O) groups is 1. The lowest BCUT2D eigenvalue weighted by Gasteiger charge is -2.13. The van der Waals surface area contributed by atoms with Gasteiger partial charge in [0.2, 0.25) is 5.91 Å². The zero-order valence-electron chi connectivity index (χ0n) is 12.0. The molecule has 0 aromatic heterocycles. The fourth-order valence-corrected chi connectivity index (χ4v) is 3.07. The molecule has 3 nitrogen and oxygen atoms in total. The van der Waals surface area contributed by atoms with E-state index in [2.05, 4.69) is 41.7 Å². The van der Waals surface area contributed by atoms with E-state index >= 15 is 0 Å². The molecule has 3 N–H and O–H groups in total. The number of carbonyl (C=O) groups excluding carboxylic acids is 1. The van der Waals surface area contributed by atoms with Gasteiger partial charge in [0, 0.05) is 18.9 Å². The van der Waals surface area contributed by atoms with Crippen molar-refractivity contribution in [2.45, 2.75) is 18.8 Å². The maximum absolute atomic E-state index is 12.1. The fraction of sp³-hybridized carbons (Fsp3) is 0.278. The largest absolute Gasteiger partial charge is 0.356 e. The summed E-state index contributed by atoms with van der Waals surface area (Å²) in [6, 6.07) is 16.7. The highest BCUT2D eigenvalue weighted by Gasteiger charge is 2.29. The highest BCUT2D eigenvalue weighted by Crippen LogP contribution is 2.45. The van der Waals surface area contributed by atoms with Crippen LogP contribution < -0.4 is 11.1 Å². The summed E-state index contributed by atoms with van der Waals surface area (Å²) in [5.41, 5.74) is 10.5. The summed E-state index contributed by atoms with van der Waals surface area (Å²) in [6.07, 6.45) is 1.32. The first-order valence-corrected chi connectivity index (χ1v) is 7.46. The summed E-state index contributed by atoms with van der Waals surface area (Å²) in [5, 5.41) is 2.95. The van der Waals surface area contributed by atoms with Gasteiger partial charge in [-0.1, -0.05) is 48.5 Å². The summed E-state index contributed by atoms with van der Waals surface area (Å²) in [6.45, 7) is 1.26. The Morgan fingerprint density at radius 1 is 1.00 bits per heavy atom. The average molecular weight is 280 g/mol. The van der Waals surface area contributed by atoms with Crippen molar-refractivity contribution in [1.82, 2.24) is 5.32 Å². The molecule has 0 saturated heterocycles. The summed E-state index contributed by atoms with van der Waals surface area (Å²) in [5.74, 6) is 0.259. The predicted octanol–water partition coefficient (Wildman–Crippen LogP) is 2.65. The third kappa shape index (κ3) is 2.69. The quantitative estimate of drug-likeness (QED) is 0.827. The molecule has 0 heterocycles. The molecular formula is C18H20N2O. The molecule has 108 valence electrons. The van der Waals surface area contributed by atoms with Crippen LogP contribution in [-0.2, 0) is 4.79 Å². The molecule has 2 aromatic carbocycles. The molecule has 0 fully saturated rings. The second-order valence-electron chi connectivity index (χ2n) is 5.42. The topological polar surface area (TPSA) is 55.1 Å². The van der Waals surface area contributed by atoms with Crippen LogP contribution in [0, 0.1) is 0 Å². The molecule has 3 rings (SSSR count). The third-order valence-corrected chi connectivity index (χ3v) is 4.06. The zero-order valence-corrected chi connectivity index (χ0v) is 12.0. The van der Waals surface area contributed by atoms with E-state index in [1.165, 1.54) is 22.3 Å². The third-order valence-electron chi connectivity index (χ3n) is 4.06. The van der Waals surface area contributed by atoms with Gasteiger partial charge in [-0.15, -0.1) is 0 Å². The van der Waals surface area contributed by atoms with E-state index in [-0.39, 0.29) is 11.8 Å². The Morgan fingerprint density at radius 3 is 2.14 bits per heavy atom. The second kappa shape index (κ2) is 6.10. The maximum Gasteiger partial charge on any atom is 0.220 e. The van der Waals surface area contributed by atoms with Gasteiger partial charge in [-0.25, -0.2) is 0 Å². The molecule has 0 atom stereocenters. The number of hydrogen-bond donors (Lipinski definition) is 2. The molecule has 0 aliphatic heterocycles. The molecule has 2 aromatic rings. The Balaban J connectivity index is 1.84. The second-order valence-corrected chi connectivity index (χ2v) is 5.42. The van der Waals surface area contributed by atoms with Crippen LogP contribution in [0.5, 0.6) is 0 Å². The monoisotopic (exact) mass is 280 g/mol. The van der Waals surface area contributed by atoms with Crippen molar-refractivity contribution in [3.63, 3.8) is 0 Å². The molecule has 1 aliphatic carbocycles. The molecule has 1 amide bonds. The van der Waals surface area contributed by atoms with Crippen LogP contribution in [0.25, 0.3) is 11.1 Å². The van der Waals surface area contributed by atoms with E-state index < -0.39 is 0 Å². The Bertz CT molecular complexity index is 606. The summed E-state index contributed by atoms with van der Waals surface area (Å²) in [4.78, 5) is 12.1. The molecule has 0 spiro atoms. The summed E-state index contributed by atoms with van der Waals surface area (Å²) < 4.78 is 0. The van der Waals surface area contributed by atoms with E-state index in [1.54, 1.807) is 0 Å². The Labute approximate surface area is 125 Å². The van der Waals surface area contributed by atoms with E-state index in [1.807, 2.05) is 12.1 Å². The normalized spacial score (nSPS) is 12.8. The van der Waals surface area contributed by atoms with Crippen LogP contribution in [0.4, 0.5) is 0 Å². The van der Waals surface area contributed by atoms with Crippen LogP contribution in [0.3, 0.4) is 0 Å². The Kier molecular flexibility index (Phi) is 4.02. The first-order valence-electron chi connectivity index (χ1n) is 7.46. The molecule has 0 bridgehead atoms. The fourth-order valence-electron chi connectivity index (χ4n) is 3.07. The van der Waals surface area contributed by atoms with E-state index in [0.29, 0.717) is 19.5 Å². The number of fused-ring (bicyclic) bond motifs is 3. The van der Waals surface area contributed by atoms with Crippen LogP contribution in [-0.4, -0.2) is 19.0 Å². The van der Waals surface area contributed by atoms with Gasteiger partial charge in [0.25, 0.3) is 0 Å². The maximum atomic E-state index is 12.1. The predicted molar refractivity (Wildman–Crippen MR) is 85.0 cm³/mol. The lowest BCUT2D eigenvalue weighted by atomic mass is 9.93. The van der Waals surface area contributed by atoms with Gasteiger partial charge >= 0.3 is 0 Å². The number of benzene rings is 2. The first kappa shape index (κ1) is 13.8. The van der Waals surface area contributed by atoms with Crippen LogP contribution in [0.15, 0.2) is 48.5 Å². The van der Waals surface area contributed by atoms with E-state index in [9.17, 15) is 4.79 Å². The Hall–Kier alpha value is -2.13. The average Bonchev–Trinajstić information content (AvgIpc) is 2.83. The molecule has 21 heavy (non-hydrogen) atoms. The van der Waals surface area contributed by atoms with Crippen molar-refractivity contribution >= 4 is 5.91 Å². The van der Waals surface area contributed by atoms with Crippen molar-refractivity contribution in [1.29, 1.82) is 0 Å². The van der Waals surface area contributed by atoms with Crippen molar-refractivity contribution < 1.29 is 4.79 Å². The SMILES string of the molecule is NCCCNC(=O)CC1c2ccccc2-c2ccccc21. The van der Waals surface area contributed by atoms with Gasteiger partial charge < -0.3 is 11.1 Å². The van der Waals surface area contributed by atoms with Crippen LogP contribution >= 0.6 is 0 Å². The summed E-state index contributed by atoms with van der Waals surface area (Å²) >= 11 is 0. The van der Waals surface area contributed by atoms with Gasteiger partial charge in [-0.3, -0.25) is 4.79 Å². The van der Waals surface area contributed by atoms with Gasteiger partial charge in [0.15, 0.2) is 0 Å². The van der Waals surface area contributed by atoms with Gasteiger partial charge in [0.05, 0.1) is 0 Å². The number of nitrogens with two attached hydrogens (primary N) is 1. The number of hydrogen-bond acceptors (Lipinski definition) is 2. The standard InChI is InChI=1S/C18H20N2O/c19-10-5-11-20-18(21)12-17-15-8-3-1-6-13(15)14-7-2-4-9-16(14)17/h1-4,6-9,17H,5,10-12,19H2,(H,20,21). The lowest BCUT2D eigenvalue weighted by molar-refractivity contribution is -0.121. The van der Waals surface area contributed by atoms with Crippen LogP contribution in [0.2, 0.25) is 0 Å². The first-order chi connectivity index (χ1) is 10.3. The highest BCUT2D eigenvalue weighted by molar-refractivity contribution is 5.84. The smallest absolute Gasteiger partial charge is 0.220 e. The van der Waals surface area contributed by atoms with Gasteiger partial charge in [0.1, 0.15) is 0 Å². The molecule has 0 radical (unpaired) electrons. The number of rotatable bonds is 5. The molecule has 1 aliphatic rings. The lowest BCUT2D eigenvalue weighted by Crippen LogP contribution is -2.27. The van der Waals surface area contributed by atoms with Crippen molar-refractivity contribution in [2.75, 3.05) is 13.1 Å².